The number of aliphatic hydroxyl groups is 4. The van der Waals surface area contributed by atoms with E-state index < -0.39 is 0 Å². The minimum absolute atomic E-state index is 0.283. The van der Waals surface area contributed by atoms with Crippen molar-refractivity contribution in [2.24, 2.45) is 0 Å². The summed E-state index contributed by atoms with van der Waals surface area (Å²) in [7, 11) is 0. The zero-order valence-corrected chi connectivity index (χ0v) is 14.3. The normalized spacial score (nSPS) is 50.7. The third kappa shape index (κ3) is 3.10. The largest absolute Gasteiger partial charge is 0.421 e. The summed E-state index contributed by atoms with van der Waals surface area (Å²) in [5.41, 5.74) is 0. The Balaban J connectivity index is 1.28. The first-order valence-corrected chi connectivity index (χ1v) is 9.91. The van der Waals surface area contributed by atoms with Crippen LogP contribution in [0.1, 0.15) is 51.4 Å². The smallest absolute Gasteiger partial charge is 0.201 e. The fraction of sp³-hybridized carbons (Fsp3) is 0.800. The molecular weight excluding hydrogens is 304 g/mol. The first-order chi connectivity index (χ1) is 11.8. The minimum atomic E-state index is 0.283. The van der Waals surface area contributed by atoms with E-state index in [1.807, 2.05) is 0 Å². The van der Waals surface area contributed by atoms with Crippen molar-refractivity contribution in [1.82, 2.24) is 0 Å². The molecule has 8 bridgehead atoms. The molecule has 3 saturated heterocycles. The molecule has 5 heterocycles. The predicted octanol–water partition coefficient (Wildman–Crippen LogP) is 2.33. The summed E-state index contributed by atoms with van der Waals surface area (Å²) in [5.74, 6) is 0. The van der Waals surface area contributed by atoms with Crippen LogP contribution in [0.5, 0.6) is 0 Å². The molecule has 0 aromatic rings. The highest BCUT2D eigenvalue weighted by Gasteiger charge is 2.41. The van der Waals surface area contributed by atoms with Gasteiger partial charge in [-0.05, 0) is 50.7 Å². The van der Waals surface area contributed by atoms with E-state index in [9.17, 15) is 0 Å². The van der Waals surface area contributed by atoms with Crippen molar-refractivity contribution in [1.29, 1.82) is 0 Å². The van der Waals surface area contributed by atoms with Crippen molar-refractivity contribution in [2.45, 2.75) is 100 Å². The number of fused-ring (bicyclic) bond motifs is 10. The Morgan fingerprint density at radius 1 is 0.542 bits per heavy atom. The Labute approximate surface area is 144 Å². The van der Waals surface area contributed by atoms with E-state index >= 15 is 0 Å². The third-order valence-electron chi connectivity index (χ3n) is 6.40. The van der Waals surface area contributed by atoms with E-state index in [1.54, 1.807) is 0 Å². The number of hydrogen-bond acceptors (Lipinski definition) is 2. The van der Waals surface area contributed by atoms with Gasteiger partial charge < -0.3 is 18.9 Å². The molecule has 4 nitrogen and oxygen atoms in total. The molecule has 5 aliphatic heterocycles. The predicted molar refractivity (Wildman–Crippen MR) is 92.1 cm³/mol. The summed E-state index contributed by atoms with van der Waals surface area (Å²) in [6.45, 7) is 0. The van der Waals surface area contributed by atoms with Crippen molar-refractivity contribution in [3.8, 4) is 0 Å². The van der Waals surface area contributed by atoms with E-state index in [0.29, 0.717) is 36.6 Å². The molecule has 0 spiro atoms. The molecular formula is C20H30O4+2. The summed E-state index contributed by atoms with van der Waals surface area (Å²) in [4.78, 5) is 0. The lowest BCUT2D eigenvalue weighted by Crippen LogP contribution is -2.32. The highest BCUT2D eigenvalue weighted by atomic mass is 16.6. The molecule has 0 aliphatic carbocycles. The van der Waals surface area contributed by atoms with Gasteiger partial charge in [-0.2, -0.15) is 0 Å². The van der Waals surface area contributed by atoms with E-state index in [4.69, 9.17) is 18.9 Å². The fourth-order valence-corrected chi connectivity index (χ4v) is 5.01. The van der Waals surface area contributed by atoms with Crippen molar-refractivity contribution in [3.05, 3.63) is 24.3 Å². The van der Waals surface area contributed by atoms with Crippen molar-refractivity contribution in [2.75, 3.05) is 0 Å². The Morgan fingerprint density at radius 3 is 1.50 bits per heavy atom. The molecule has 0 amide bonds. The van der Waals surface area contributed by atoms with Gasteiger partial charge in [-0.3, -0.25) is 0 Å². The fourth-order valence-electron chi connectivity index (χ4n) is 5.01. The van der Waals surface area contributed by atoms with Crippen LogP contribution in [-0.4, -0.2) is 58.3 Å². The van der Waals surface area contributed by atoms with Crippen molar-refractivity contribution < 1.29 is 18.9 Å². The quantitative estimate of drug-likeness (QED) is 0.504. The van der Waals surface area contributed by atoms with Crippen LogP contribution >= 0.6 is 0 Å². The highest BCUT2D eigenvalue weighted by Crippen LogP contribution is 2.33. The SMILES string of the molecule is C1=CC2[OH+]C1CCC1CCC(O1)C1C=CC(CCC3CCC2O3)[OH+]1. The molecule has 0 aromatic heterocycles. The van der Waals surface area contributed by atoms with Gasteiger partial charge in [0.05, 0.1) is 12.2 Å². The van der Waals surface area contributed by atoms with Gasteiger partial charge in [-0.15, -0.1) is 0 Å². The van der Waals surface area contributed by atoms with Crippen LogP contribution in [0.15, 0.2) is 24.3 Å². The van der Waals surface area contributed by atoms with Crippen LogP contribution in [0.4, 0.5) is 0 Å². The molecule has 8 atom stereocenters. The van der Waals surface area contributed by atoms with Gasteiger partial charge in [-0.25, -0.2) is 0 Å². The lowest BCUT2D eigenvalue weighted by Gasteiger charge is -2.21. The second kappa shape index (κ2) is 6.56. The van der Waals surface area contributed by atoms with E-state index in [1.165, 1.54) is 12.8 Å². The van der Waals surface area contributed by atoms with E-state index in [-0.39, 0.29) is 12.2 Å². The number of hydrogen-bond donors (Lipinski definition) is 0. The summed E-state index contributed by atoms with van der Waals surface area (Å²) >= 11 is 0. The van der Waals surface area contributed by atoms with Gasteiger partial charge in [0.25, 0.3) is 0 Å². The molecule has 5 aliphatic rings. The molecule has 0 radical (unpaired) electrons. The first kappa shape index (κ1) is 15.6. The Kier molecular flexibility index (Phi) is 4.26. The Morgan fingerprint density at radius 2 is 1.00 bits per heavy atom. The first-order valence-electron chi connectivity index (χ1n) is 9.91. The molecule has 24 heavy (non-hydrogen) atoms. The maximum Gasteiger partial charge on any atom is 0.201 e. The molecule has 0 aromatic carbocycles. The summed E-state index contributed by atoms with van der Waals surface area (Å²) < 4.78 is 22.6. The molecule has 132 valence electrons. The Hall–Kier alpha value is -0.680. The highest BCUT2D eigenvalue weighted by molar-refractivity contribution is 5.07. The maximum atomic E-state index is 6.32. The van der Waals surface area contributed by atoms with Crippen LogP contribution in [0, 0.1) is 0 Å². The minimum Gasteiger partial charge on any atom is -0.421 e. The number of ether oxygens (including phenoxy) is 4. The lowest BCUT2D eigenvalue weighted by molar-refractivity contribution is -0.172. The molecule has 8 unspecified atom stereocenters. The van der Waals surface area contributed by atoms with E-state index in [2.05, 4.69) is 24.3 Å². The average Bonchev–Trinajstić information content (AvgIpc) is 3.37. The third-order valence-corrected chi connectivity index (χ3v) is 6.40. The lowest BCUT2D eigenvalue weighted by atomic mass is 10.1. The maximum absolute atomic E-state index is 6.32. The van der Waals surface area contributed by atoms with Gasteiger partial charge in [0.2, 0.25) is 12.2 Å². The summed E-state index contributed by atoms with van der Waals surface area (Å²) in [6.07, 6.45) is 21.0. The second-order valence-electron chi connectivity index (χ2n) is 8.09. The van der Waals surface area contributed by atoms with Gasteiger partial charge in [-0.1, -0.05) is 0 Å². The van der Waals surface area contributed by atoms with E-state index in [0.717, 1.165) is 38.5 Å². The van der Waals surface area contributed by atoms with Crippen molar-refractivity contribution in [3.63, 3.8) is 0 Å². The standard InChI is InChI=1S/C20H28O4/c1-2-14-6-10-19(22-14)20-12-8-16(24-20)4-3-15-7-11-18(23-15)17-9-5-13(1)21-17/h5,8-9,12-20H,1-4,6-7,10-11H2/p+2. The summed E-state index contributed by atoms with van der Waals surface area (Å²) in [5, 5.41) is 0. The molecule has 0 saturated carbocycles. The molecule has 2 N–H and O–H groups in total. The van der Waals surface area contributed by atoms with Crippen LogP contribution in [0.25, 0.3) is 0 Å². The van der Waals surface area contributed by atoms with Gasteiger partial charge in [0.1, 0.15) is 12.2 Å². The number of rotatable bonds is 0. The topological polar surface area (TPSA) is 44.1 Å². The molecule has 4 heteroatoms. The molecule has 5 rings (SSSR count). The summed E-state index contributed by atoms with van der Waals surface area (Å²) in [6, 6.07) is 0. The van der Waals surface area contributed by atoms with Crippen LogP contribution in [0.3, 0.4) is 0 Å². The second-order valence-corrected chi connectivity index (χ2v) is 8.09. The van der Waals surface area contributed by atoms with Crippen molar-refractivity contribution >= 4 is 0 Å². The molecule has 3 fully saturated rings. The monoisotopic (exact) mass is 334 g/mol. The van der Waals surface area contributed by atoms with Crippen LogP contribution in [0.2, 0.25) is 0 Å². The Bertz CT molecular complexity index is 470. The van der Waals surface area contributed by atoms with Gasteiger partial charge in [0, 0.05) is 25.0 Å². The van der Waals surface area contributed by atoms with Gasteiger partial charge in [0.15, 0.2) is 12.2 Å². The van der Waals surface area contributed by atoms with Crippen LogP contribution in [-0.2, 0) is 9.47 Å². The average molecular weight is 334 g/mol. The van der Waals surface area contributed by atoms with Crippen LogP contribution < -0.4 is 0 Å². The zero-order valence-electron chi connectivity index (χ0n) is 14.3. The zero-order chi connectivity index (χ0) is 15.9. The van der Waals surface area contributed by atoms with Gasteiger partial charge >= 0.3 is 0 Å².